The number of aromatic nitrogens is 2. The van der Waals surface area contributed by atoms with Crippen molar-refractivity contribution in [3.8, 4) is 0 Å². The van der Waals surface area contributed by atoms with Crippen molar-refractivity contribution >= 4 is 5.69 Å². The Morgan fingerprint density at radius 2 is 1.91 bits per heavy atom. The Balaban J connectivity index is 1.39. The third-order valence-electron chi connectivity index (χ3n) is 4.81. The summed E-state index contributed by atoms with van der Waals surface area (Å²) in [6, 6.07) is 7.07. The van der Waals surface area contributed by atoms with Gasteiger partial charge in [-0.1, -0.05) is 17.3 Å². The first-order valence-corrected chi connectivity index (χ1v) is 8.29. The number of halogens is 1. The van der Waals surface area contributed by atoms with Gasteiger partial charge in [-0.2, -0.15) is 4.98 Å². The highest BCUT2D eigenvalue weighted by molar-refractivity contribution is 5.48. The van der Waals surface area contributed by atoms with Crippen LogP contribution in [-0.4, -0.2) is 41.2 Å². The van der Waals surface area contributed by atoms with E-state index in [1.54, 1.807) is 6.07 Å². The predicted octanol–water partition coefficient (Wildman–Crippen LogP) is 2.97. The van der Waals surface area contributed by atoms with Gasteiger partial charge in [0.2, 0.25) is 5.89 Å². The summed E-state index contributed by atoms with van der Waals surface area (Å²) in [4.78, 5) is 8.97. The molecule has 0 radical (unpaired) electrons. The van der Waals surface area contributed by atoms with Gasteiger partial charge in [-0.25, -0.2) is 4.39 Å². The van der Waals surface area contributed by atoms with E-state index >= 15 is 0 Å². The quantitative estimate of drug-likeness (QED) is 0.868. The molecule has 1 saturated carbocycles. The van der Waals surface area contributed by atoms with E-state index in [9.17, 15) is 4.39 Å². The summed E-state index contributed by atoms with van der Waals surface area (Å²) in [6.07, 6.45) is 2.35. The van der Waals surface area contributed by atoms with Crippen molar-refractivity contribution in [2.24, 2.45) is 0 Å². The van der Waals surface area contributed by atoms with Gasteiger partial charge >= 0.3 is 0 Å². The van der Waals surface area contributed by atoms with Crippen LogP contribution in [0.3, 0.4) is 0 Å². The highest BCUT2D eigenvalue weighted by Crippen LogP contribution is 2.38. The molecule has 0 unspecified atom stereocenters. The number of rotatable bonds is 4. The Bertz CT molecular complexity index is 677. The molecule has 1 aliphatic heterocycles. The van der Waals surface area contributed by atoms with Crippen LogP contribution < -0.4 is 4.90 Å². The average molecular weight is 316 g/mol. The van der Waals surface area contributed by atoms with Gasteiger partial charge < -0.3 is 9.42 Å². The predicted molar refractivity (Wildman–Crippen MR) is 84.9 cm³/mol. The van der Waals surface area contributed by atoms with E-state index in [1.165, 1.54) is 18.9 Å². The SMILES string of the molecule is C[C@H](c1nc(C2CC2)no1)N1CCN(c2ccccc2F)CC1. The van der Waals surface area contributed by atoms with E-state index in [0.29, 0.717) is 17.5 Å². The molecule has 2 heterocycles. The molecular formula is C17H21FN4O. The molecule has 0 amide bonds. The largest absolute Gasteiger partial charge is 0.367 e. The monoisotopic (exact) mass is 316 g/mol. The van der Waals surface area contributed by atoms with E-state index in [-0.39, 0.29) is 11.9 Å². The maximum absolute atomic E-state index is 13.9. The normalized spacial score (nSPS) is 20.7. The Hall–Kier alpha value is -1.95. The van der Waals surface area contributed by atoms with Crippen LogP contribution in [0, 0.1) is 5.82 Å². The smallest absolute Gasteiger partial charge is 0.243 e. The lowest BCUT2D eigenvalue weighted by atomic mass is 10.2. The van der Waals surface area contributed by atoms with Crippen LogP contribution in [0.1, 0.15) is 43.4 Å². The fourth-order valence-electron chi connectivity index (χ4n) is 3.14. The lowest BCUT2D eigenvalue weighted by Crippen LogP contribution is -2.47. The van der Waals surface area contributed by atoms with E-state index in [1.807, 2.05) is 12.1 Å². The molecule has 2 aliphatic rings. The third kappa shape index (κ3) is 2.95. The lowest BCUT2D eigenvalue weighted by Gasteiger charge is -2.38. The summed E-state index contributed by atoms with van der Waals surface area (Å²) in [5, 5.41) is 4.10. The molecule has 2 aromatic rings. The molecule has 1 aromatic heterocycles. The highest BCUT2D eigenvalue weighted by Gasteiger charge is 2.31. The fourth-order valence-corrected chi connectivity index (χ4v) is 3.14. The number of hydrogen-bond acceptors (Lipinski definition) is 5. The van der Waals surface area contributed by atoms with Crippen LogP contribution in [0.2, 0.25) is 0 Å². The lowest BCUT2D eigenvalue weighted by molar-refractivity contribution is 0.164. The molecular weight excluding hydrogens is 295 g/mol. The van der Waals surface area contributed by atoms with Gasteiger partial charge in [0.15, 0.2) is 5.82 Å². The molecule has 4 rings (SSSR count). The van der Waals surface area contributed by atoms with E-state index in [2.05, 4.69) is 26.9 Å². The summed E-state index contributed by atoms with van der Waals surface area (Å²) in [5.74, 6) is 1.92. The molecule has 2 fully saturated rings. The molecule has 0 spiro atoms. The van der Waals surface area contributed by atoms with Crippen LogP contribution in [0.15, 0.2) is 28.8 Å². The zero-order valence-electron chi connectivity index (χ0n) is 13.3. The van der Waals surface area contributed by atoms with Crippen molar-refractivity contribution in [1.29, 1.82) is 0 Å². The standard InChI is InChI=1S/C17H21FN4O/c1-12(17-19-16(20-23-17)13-6-7-13)21-8-10-22(11-9-21)15-5-3-2-4-14(15)18/h2-5,12-13H,6-11H2,1H3/t12-/m1/s1. The molecule has 0 bridgehead atoms. The summed E-state index contributed by atoms with van der Waals surface area (Å²) in [5.41, 5.74) is 0.689. The number of para-hydroxylation sites is 1. The Morgan fingerprint density at radius 3 is 2.61 bits per heavy atom. The van der Waals surface area contributed by atoms with Crippen LogP contribution in [0.4, 0.5) is 10.1 Å². The Kier molecular flexibility index (Phi) is 3.77. The van der Waals surface area contributed by atoms with Gasteiger partial charge in [0, 0.05) is 32.1 Å². The van der Waals surface area contributed by atoms with Crippen molar-refractivity contribution in [1.82, 2.24) is 15.0 Å². The van der Waals surface area contributed by atoms with Crippen molar-refractivity contribution in [3.05, 3.63) is 41.8 Å². The third-order valence-corrected chi connectivity index (χ3v) is 4.81. The molecule has 0 N–H and O–H groups in total. The second-order valence-corrected chi connectivity index (χ2v) is 6.42. The summed E-state index contributed by atoms with van der Waals surface area (Å²) in [6.45, 7) is 5.42. The molecule has 6 heteroatoms. The number of anilines is 1. The number of piperazine rings is 1. The first-order valence-electron chi connectivity index (χ1n) is 8.29. The first kappa shape index (κ1) is 14.6. The van der Waals surface area contributed by atoms with Gasteiger partial charge in [-0.3, -0.25) is 4.90 Å². The van der Waals surface area contributed by atoms with Gasteiger partial charge in [-0.15, -0.1) is 0 Å². The Morgan fingerprint density at radius 1 is 1.17 bits per heavy atom. The van der Waals surface area contributed by atoms with E-state index in [0.717, 1.165) is 32.0 Å². The van der Waals surface area contributed by atoms with Crippen molar-refractivity contribution in [2.45, 2.75) is 31.7 Å². The van der Waals surface area contributed by atoms with Gasteiger partial charge in [0.05, 0.1) is 11.7 Å². The van der Waals surface area contributed by atoms with E-state index in [4.69, 9.17) is 4.52 Å². The molecule has 1 aromatic carbocycles. The van der Waals surface area contributed by atoms with Crippen LogP contribution >= 0.6 is 0 Å². The number of hydrogen-bond donors (Lipinski definition) is 0. The van der Waals surface area contributed by atoms with E-state index < -0.39 is 0 Å². The first-order chi connectivity index (χ1) is 11.2. The number of nitrogens with zero attached hydrogens (tertiary/aromatic N) is 4. The van der Waals surface area contributed by atoms with Gasteiger partial charge in [0.1, 0.15) is 5.82 Å². The fraction of sp³-hybridized carbons (Fsp3) is 0.529. The summed E-state index contributed by atoms with van der Waals surface area (Å²) >= 11 is 0. The second kappa shape index (κ2) is 5.92. The minimum absolute atomic E-state index is 0.109. The summed E-state index contributed by atoms with van der Waals surface area (Å²) < 4.78 is 19.3. The van der Waals surface area contributed by atoms with Crippen LogP contribution in [0.5, 0.6) is 0 Å². The molecule has 1 atom stereocenters. The molecule has 23 heavy (non-hydrogen) atoms. The Labute approximate surface area is 135 Å². The second-order valence-electron chi connectivity index (χ2n) is 6.42. The minimum atomic E-state index is -0.153. The van der Waals surface area contributed by atoms with Crippen molar-refractivity contribution in [2.75, 3.05) is 31.1 Å². The summed E-state index contributed by atoms with van der Waals surface area (Å²) in [7, 11) is 0. The van der Waals surface area contributed by atoms with Crippen molar-refractivity contribution < 1.29 is 8.91 Å². The highest BCUT2D eigenvalue weighted by atomic mass is 19.1. The van der Waals surface area contributed by atoms with Gasteiger partial charge in [0.25, 0.3) is 0 Å². The zero-order valence-corrected chi connectivity index (χ0v) is 13.3. The topological polar surface area (TPSA) is 45.4 Å². The minimum Gasteiger partial charge on any atom is -0.367 e. The van der Waals surface area contributed by atoms with Crippen molar-refractivity contribution in [3.63, 3.8) is 0 Å². The molecule has 5 nitrogen and oxygen atoms in total. The molecule has 1 saturated heterocycles. The van der Waals surface area contributed by atoms with Gasteiger partial charge in [-0.05, 0) is 31.9 Å². The maximum Gasteiger partial charge on any atom is 0.243 e. The molecule has 1 aliphatic carbocycles. The van der Waals surface area contributed by atoms with Crippen LogP contribution in [-0.2, 0) is 0 Å². The molecule has 122 valence electrons. The van der Waals surface area contributed by atoms with Crippen LogP contribution in [0.25, 0.3) is 0 Å². The average Bonchev–Trinajstić information content (AvgIpc) is 3.32. The maximum atomic E-state index is 13.9. The zero-order chi connectivity index (χ0) is 15.8. The number of benzene rings is 1.